The molecule has 0 aromatic heterocycles. The number of rotatable bonds is 5. The molecule has 112 valence electrons. The second kappa shape index (κ2) is 7.55. The van der Waals surface area contributed by atoms with Crippen LogP contribution in [0.3, 0.4) is 0 Å². The highest BCUT2D eigenvalue weighted by molar-refractivity contribution is 9.10. The first-order valence-electron chi connectivity index (χ1n) is 7.38. The van der Waals surface area contributed by atoms with Crippen LogP contribution < -0.4 is 0 Å². The van der Waals surface area contributed by atoms with Gasteiger partial charge in [0.05, 0.1) is 6.10 Å². The van der Waals surface area contributed by atoms with Gasteiger partial charge in [0, 0.05) is 23.6 Å². The summed E-state index contributed by atoms with van der Waals surface area (Å²) in [6.45, 7) is 3.26. The van der Waals surface area contributed by atoms with Gasteiger partial charge in [-0.15, -0.1) is 0 Å². The average molecular weight is 341 g/mol. The summed E-state index contributed by atoms with van der Waals surface area (Å²) >= 11 is 3.42. The summed E-state index contributed by atoms with van der Waals surface area (Å²) in [5.41, 5.74) is 1.01. The fourth-order valence-electron chi connectivity index (χ4n) is 2.81. The maximum atomic E-state index is 10.3. The number of piperidine rings is 1. The molecule has 1 aliphatic heterocycles. The lowest BCUT2D eigenvalue weighted by Crippen LogP contribution is -2.45. The van der Waals surface area contributed by atoms with Gasteiger partial charge < -0.3 is 14.9 Å². The Kier molecular flexibility index (Phi) is 6.02. The molecule has 2 rings (SSSR count). The Balaban J connectivity index is 1.81. The Morgan fingerprint density at radius 3 is 2.70 bits per heavy atom. The molecule has 0 spiro atoms. The van der Waals surface area contributed by atoms with Crippen LogP contribution in [-0.4, -0.2) is 54.7 Å². The number of halogens is 1. The predicted octanol–water partition coefficient (Wildman–Crippen LogP) is 2.90. The number of aliphatic hydroxyl groups is 1. The van der Waals surface area contributed by atoms with E-state index in [2.05, 4.69) is 39.8 Å². The molecular weight excluding hydrogens is 316 g/mol. The molecular formula is C16H25BrN2O. The molecule has 1 saturated heterocycles. The van der Waals surface area contributed by atoms with Gasteiger partial charge in [0.15, 0.2) is 0 Å². The van der Waals surface area contributed by atoms with Crippen molar-refractivity contribution in [2.24, 2.45) is 0 Å². The average Bonchev–Trinajstić information content (AvgIpc) is 2.46. The monoisotopic (exact) mass is 340 g/mol. The minimum Gasteiger partial charge on any atom is -0.388 e. The van der Waals surface area contributed by atoms with Crippen LogP contribution in [0.2, 0.25) is 0 Å². The van der Waals surface area contributed by atoms with Crippen molar-refractivity contribution >= 4 is 15.9 Å². The zero-order valence-corrected chi connectivity index (χ0v) is 14.0. The van der Waals surface area contributed by atoms with Crippen LogP contribution in [0.25, 0.3) is 0 Å². The number of hydrogen-bond donors (Lipinski definition) is 1. The number of benzene rings is 1. The second-order valence-corrected chi connectivity index (χ2v) is 6.83. The summed E-state index contributed by atoms with van der Waals surface area (Å²) in [6, 6.07) is 8.62. The molecule has 1 fully saturated rings. The fraction of sp³-hybridized carbons (Fsp3) is 0.625. The van der Waals surface area contributed by atoms with E-state index < -0.39 is 0 Å². The van der Waals surface area contributed by atoms with E-state index >= 15 is 0 Å². The van der Waals surface area contributed by atoms with Gasteiger partial charge in [-0.2, -0.15) is 0 Å². The highest BCUT2D eigenvalue weighted by Gasteiger charge is 2.21. The topological polar surface area (TPSA) is 26.7 Å². The summed E-state index contributed by atoms with van der Waals surface area (Å²) in [6.07, 6.45) is 3.00. The highest BCUT2D eigenvalue weighted by atomic mass is 79.9. The van der Waals surface area contributed by atoms with Crippen LogP contribution in [0.4, 0.5) is 0 Å². The molecule has 1 heterocycles. The van der Waals surface area contributed by atoms with Crippen molar-refractivity contribution in [2.75, 3.05) is 33.7 Å². The lowest BCUT2D eigenvalue weighted by molar-refractivity contribution is 0.102. The van der Waals surface area contributed by atoms with E-state index in [1.54, 1.807) is 0 Å². The standard InChI is InChI=1S/C16H25BrN2O/c1-18(2)15-4-3-10-19(12-15)11-9-16(20)13-5-7-14(17)8-6-13/h5-8,15-16,20H,3-4,9-12H2,1-2H3. The van der Waals surface area contributed by atoms with Crippen molar-refractivity contribution in [1.29, 1.82) is 0 Å². The minimum atomic E-state index is -0.358. The van der Waals surface area contributed by atoms with Crippen molar-refractivity contribution in [3.8, 4) is 0 Å². The van der Waals surface area contributed by atoms with Gasteiger partial charge in [0.1, 0.15) is 0 Å². The Hall–Kier alpha value is -0.420. The van der Waals surface area contributed by atoms with Gasteiger partial charge in [-0.25, -0.2) is 0 Å². The van der Waals surface area contributed by atoms with Crippen molar-refractivity contribution < 1.29 is 5.11 Å². The molecule has 0 amide bonds. The molecule has 20 heavy (non-hydrogen) atoms. The van der Waals surface area contributed by atoms with Crippen molar-refractivity contribution in [1.82, 2.24) is 9.80 Å². The number of hydrogen-bond acceptors (Lipinski definition) is 3. The summed E-state index contributed by atoms with van der Waals surface area (Å²) in [5.74, 6) is 0. The fourth-order valence-corrected chi connectivity index (χ4v) is 3.08. The van der Waals surface area contributed by atoms with Crippen molar-refractivity contribution in [3.63, 3.8) is 0 Å². The van der Waals surface area contributed by atoms with E-state index in [9.17, 15) is 5.11 Å². The minimum absolute atomic E-state index is 0.358. The van der Waals surface area contributed by atoms with Crippen LogP contribution in [-0.2, 0) is 0 Å². The smallest absolute Gasteiger partial charge is 0.0802 e. The summed E-state index contributed by atoms with van der Waals surface area (Å²) in [5, 5.41) is 10.3. The summed E-state index contributed by atoms with van der Waals surface area (Å²) in [4.78, 5) is 4.80. The molecule has 4 heteroatoms. The predicted molar refractivity (Wildman–Crippen MR) is 86.9 cm³/mol. The molecule has 3 nitrogen and oxygen atoms in total. The van der Waals surface area contributed by atoms with E-state index in [1.165, 1.54) is 12.8 Å². The molecule has 1 aliphatic rings. The third-order valence-corrected chi connectivity index (χ3v) is 4.71. The normalized spacial score (nSPS) is 22.1. The number of nitrogens with zero attached hydrogens (tertiary/aromatic N) is 2. The summed E-state index contributed by atoms with van der Waals surface area (Å²) < 4.78 is 1.05. The number of likely N-dealkylation sites (N-methyl/N-ethyl adjacent to an activating group) is 1. The molecule has 1 aromatic carbocycles. The Bertz CT molecular complexity index is 407. The molecule has 1 N–H and O–H groups in total. The lowest BCUT2D eigenvalue weighted by atomic mass is 10.0. The molecule has 2 atom stereocenters. The van der Waals surface area contributed by atoms with E-state index in [0.29, 0.717) is 6.04 Å². The lowest BCUT2D eigenvalue weighted by Gasteiger charge is -2.36. The Morgan fingerprint density at radius 2 is 2.05 bits per heavy atom. The number of aliphatic hydroxyl groups excluding tert-OH is 1. The molecule has 0 saturated carbocycles. The zero-order chi connectivity index (χ0) is 14.5. The first kappa shape index (κ1) is 16.0. The molecule has 2 unspecified atom stereocenters. The van der Waals surface area contributed by atoms with Gasteiger partial charge in [-0.3, -0.25) is 0 Å². The second-order valence-electron chi connectivity index (χ2n) is 5.92. The third kappa shape index (κ3) is 4.55. The van der Waals surface area contributed by atoms with Crippen molar-refractivity contribution in [2.45, 2.75) is 31.4 Å². The van der Waals surface area contributed by atoms with Crippen LogP contribution in [0, 0.1) is 0 Å². The van der Waals surface area contributed by atoms with Crippen molar-refractivity contribution in [3.05, 3.63) is 34.3 Å². The van der Waals surface area contributed by atoms with E-state index in [-0.39, 0.29) is 6.10 Å². The van der Waals surface area contributed by atoms with Crippen LogP contribution in [0.15, 0.2) is 28.7 Å². The first-order chi connectivity index (χ1) is 9.56. The van der Waals surface area contributed by atoms with Gasteiger partial charge in [0.2, 0.25) is 0 Å². The maximum Gasteiger partial charge on any atom is 0.0802 e. The van der Waals surface area contributed by atoms with Gasteiger partial charge in [-0.05, 0) is 57.6 Å². The summed E-state index contributed by atoms with van der Waals surface area (Å²) in [7, 11) is 4.32. The Labute approximate surface area is 130 Å². The Morgan fingerprint density at radius 1 is 1.35 bits per heavy atom. The molecule has 0 aliphatic carbocycles. The quantitative estimate of drug-likeness (QED) is 0.892. The van der Waals surface area contributed by atoms with Crippen LogP contribution in [0.5, 0.6) is 0 Å². The maximum absolute atomic E-state index is 10.3. The van der Waals surface area contributed by atoms with Gasteiger partial charge in [-0.1, -0.05) is 28.1 Å². The first-order valence-corrected chi connectivity index (χ1v) is 8.18. The molecule has 0 bridgehead atoms. The number of likely N-dealkylation sites (tertiary alicyclic amines) is 1. The van der Waals surface area contributed by atoms with E-state index in [1.807, 2.05) is 24.3 Å². The van der Waals surface area contributed by atoms with E-state index in [0.717, 1.165) is 36.1 Å². The molecule has 1 aromatic rings. The van der Waals surface area contributed by atoms with Crippen LogP contribution >= 0.6 is 15.9 Å². The highest BCUT2D eigenvalue weighted by Crippen LogP contribution is 2.21. The van der Waals surface area contributed by atoms with E-state index in [4.69, 9.17) is 0 Å². The van der Waals surface area contributed by atoms with Gasteiger partial charge in [0.25, 0.3) is 0 Å². The third-order valence-electron chi connectivity index (χ3n) is 4.18. The van der Waals surface area contributed by atoms with Crippen LogP contribution in [0.1, 0.15) is 30.9 Å². The zero-order valence-electron chi connectivity index (χ0n) is 12.4. The SMILES string of the molecule is CN(C)C1CCCN(CCC(O)c2ccc(Br)cc2)C1. The molecule has 0 radical (unpaired) electrons. The van der Waals surface area contributed by atoms with Gasteiger partial charge >= 0.3 is 0 Å². The largest absolute Gasteiger partial charge is 0.388 e.